The topological polar surface area (TPSA) is 73.2 Å². The highest BCUT2D eigenvalue weighted by atomic mass is 32.1. The molecule has 30 heavy (non-hydrogen) atoms. The SMILES string of the molecule is CN(C#N)C(=O)C(Cc1csc2ccccc12)NC(=O)c1cccc(C(F)(F)F)c1. The molecule has 1 heterocycles. The van der Waals surface area contributed by atoms with Crippen LogP contribution >= 0.6 is 11.3 Å². The van der Waals surface area contributed by atoms with Crippen LogP contribution in [0.3, 0.4) is 0 Å². The predicted octanol–water partition coefficient (Wildman–Crippen LogP) is 4.20. The van der Waals surface area contributed by atoms with Crippen LogP contribution in [-0.4, -0.2) is 29.8 Å². The largest absolute Gasteiger partial charge is 0.416 e. The molecule has 0 aliphatic carbocycles. The Morgan fingerprint density at radius 2 is 1.93 bits per heavy atom. The summed E-state index contributed by atoms with van der Waals surface area (Å²) in [6.45, 7) is 0. The van der Waals surface area contributed by atoms with Crippen LogP contribution in [0.25, 0.3) is 10.1 Å². The zero-order valence-corrected chi connectivity index (χ0v) is 16.6. The summed E-state index contributed by atoms with van der Waals surface area (Å²) < 4.78 is 39.8. The molecule has 1 unspecified atom stereocenters. The predicted molar refractivity (Wildman–Crippen MR) is 107 cm³/mol. The minimum absolute atomic E-state index is 0.0968. The summed E-state index contributed by atoms with van der Waals surface area (Å²) in [5, 5.41) is 14.3. The third-order valence-electron chi connectivity index (χ3n) is 4.52. The van der Waals surface area contributed by atoms with E-state index in [-0.39, 0.29) is 12.0 Å². The number of amides is 2. The van der Waals surface area contributed by atoms with Crippen molar-refractivity contribution in [2.75, 3.05) is 7.05 Å². The molecule has 0 spiro atoms. The number of carbonyl (C=O) groups is 2. The van der Waals surface area contributed by atoms with Crippen molar-refractivity contribution in [2.24, 2.45) is 0 Å². The van der Waals surface area contributed by atoms with Crippen LogP contribution in [0.2, 0.25) is 0 Å². The molecule has 0 aliphatic heterocycles. The van der Waals surface area contributed by atoms with E-state index in [1.807, 2.05) is 29.6 Å². The highest BCUT2D eigenvalue weighted by Crippen LogP contribution is 2.30. The summed E-state index contributed by atoms with van der Waals surface area (Å²) in [5.74, 6) is -1.49. The van der Waals surface area contributed by atoms with E-state index in [0.717, 1.165) is 38.7 Å². The van der Waals surface area contributed by atoms with Gasteiger partial charge >= 0.3 is 6.18 Å². The lowest BCUT2D eigenvalue weighted by Crippen LogP contribution is -2.47. The number of fused-ring (bicyclic) bond motifs is 1. The molecular weight excluding hydrogens is 415 g/mol. The number of nitrogens with one attached hydrogen (secondary N) is 1. The second kappa shape index (κ2) is 8.55. The molecule has 154 valence electrons. The van der Waals surface area contributed by atoms with Gasteiger partial charge in [-0.15, -0.1) is 11.3 Å². The fourth-order valence-electron chi connectivity index (χ4n) is 2.97. The highest BCUT2D eigenvalue weighted by molar-refractivity contribution is 7.17. The molecule has 1 atom stereocenters. The number of thiophene rings is 1. The Kier molecular flexibility index (Phi) is 6.08. The van der Waals surface area contributed by atoms with Crippen LogP contribution in [0, 0.1) is 11.5 Å². The standard InChI is InChI=1S/C21H16F3N3O2S/c1-27(12-25)20(29)17(10-14-11-30-18-8-3-2-7-16(14)18)26-19(28)13-5-4-6-15(9-13)21(22,23)24/h2-9,11,17H,10H2,1H3,(H,26,28). The maximum absolute atomic E-state index is 12.9. The average molecular weight is 431 g/mol. The summed E-state index contributed by atoms with van der Waals surface area (Å²) in [7, 11) is 1.26. The monoisotopic (exact) mass is 431 g/mol. The lowest BCUT2D eigenvalue weighted by atomic mass is 10.0. The quantitative estimate of drug-likeness (QED) is 0.486. The van der Waals surface area contributed by atoms with E-state index in [0.29, 0.717) is 0 Å². The third-order valence-corrected chi connectivity index (χ3v) is 5.53. The second-order valence-electron chi connectivity index (χ2n) is 6.56. The van der Waals surface area contributed by atoms with Gasteiger partial charge in [0.05, 0.1) is 5.56 Å². The maximum Gasteiger partial charge on any atom is 0.416 e. The van der Waals surface area contributed by atoms with Gasteiger partial charge in [-0.1, -0.05) is 24.3 Å². The molecule has 0 bridgehead atoms. The number of alkyl halides is 3. The molecule has 0 aliphatic rings. The van der Waals surface area contributed by atoms with Crippen LogP contribution in [0.15, 0.2) is 53.9 Å². The summed E-state index contributed by atoms with van der Waals surface area (Å²) in [6, 6.07) is 10.4. The third kappa shape index (κ3) is 4.60. The van der Waals surface area contributed by atoms with E-state index < -0.39 is 29.6 Å². The van der Waals surface area contributed by atoms with Gasteiger partial charge in [0.2, 0.25) is 0 Å². The van der Waals surface area contributed by atoms with Gasteiger partial charge in [0.1, 0.15) is 6.04 Å². The van der Waals surface area contributed by atoms with E-state index in [2.05, 4.69) is 5.32 Å². The van der Waals surface area contributed by atoms with Crippen molar-refractivity contribution in [1.29, 1.82) is 5.26 Å². The Morgan fingerprint density at radius 3 is 2.63 bits per heavy atom. The molecule has 2 amide bonds. The number of halogens is 3. The molecule has 0 saturated carbocycles. The fourth-order valence-corrected chi connectivity index (χ4v) is 3.95. The van der Waals surface area contributed by atoms with Crippen LogP contribution in [-0.2, 0) is 17.4 Å². The molecular formula is C21H16F3N3O2S. The van der Waals surface area contributed by atoms with Gasteiger partial charge in [-0.3, -0.25) is 14.5 Å². The van der Waals surface area contributed by atoms with Gasteiger partial charge < -0.3 is 5.32 Å². The Balaban J connectivity index is 1.89. The molecule has 3 aromatic rings. The van der Waals surface area contributed by atoms with Crippen molar-refractivity contribution in [1.82, 2.24) is 10.2 Å². The summed E-state index contributed by atoms with van der Waals surface area (Å²) in [6.07, 6.45) is -2.81. The number of carbonyl (C=O) groups excluding carboxylic acids is 2. The fraction of sp³-hybridized carbons (Fsp3) is 0.190. The molecule has 0 saturated heterocycles. The Labute approximate surface area is 174 Å². The van der Waals surface area contributed by atoms with Crippen molar-refractivity contribution in [3.63, 3.8) is 0 Å². The van der Waals surface area contributed by atoms with Crippen LogP contribution < -0.4 is 5.32 Å². The molecule has 3 rings (SSSR count). The summed E-state index contributed by atoms with van der Waals surface area (Å²) >= 11 is 1.47. The minimum Gasteiger partial charge on any atom is -0.340 e. The van der Waals surface area contributed by atoms with Crippen LogP contribution in [0.5, 0.6) is 0 Å². The van der Waals surface area contributed by atoms with Gasteiger partial charge in [-0.2, -0.15) is 18.4 Å². The van der Waals surface area contributed by atoms with Crippen molar-refractivity contribution < 1.29 is 22.8 Å². The number of rotatable bonds is 5. The van der Waals surface area contributed by atoms with Crippen LogP contribution in [0.4, 0.5) is 13.2 Å². The number of nitriles is 1. The zero-order chi connectivity index (χ0) is 21.9. The minimum atomic E-state index is -4.60. The van der Waals surface area contributed by atoms with E-state index >= 15 is 0 Å². The molecule has 1 aromatic heterocycles. The lowest BCUT2D eigenvalue weighted by Gasteiger charge is -2.20. The summed E-state index contributed by atoms with van der Waals surface area (Å²) in [4.78, 5) is 26.0. The van der Waals surface area contributed by atoms with E-state index in [1.54, 1.807) is 6.19 Å². The van der Waals surface area contributed by atoms with E-state index in [9.17, 15) is 22.8 Å². The van der Waals surface area contributed by atoms with Crippen LogP contribution in [0.1, 0.15) is 21.5 Å². The second-order valence-corrected chi connectivity index (χ2v) is 7.47. The highest BCUT2D eigenvalue weighted by Gasteiger charge is 2.31. The first-order chi connectivity index (χ1) is 14.2. The number of hydrogen-bond acceptors (Lipinski definition) is 4. The molecule has 0 radical (unpaired) electrons. The zero-order valence-electron chi connectivity index (χ0n) is 15.7. The Bertz CT molecular complexity index is 1130. The number of nitrogens with zero attached hydrogens (tertiary/aromatic N) is 2. The number of likely N-dealkylation sites (N-methyl/N-ethyl adjacent to an activating group) is 1. The van der Waals surface area contributed by atoms with Crippen molar-refractivity contribution in [3.05, 3.63) is 70.6 Å². The average Bonchev–Trinajstić information content (AvgIpc) is 3.14. The Morgan fingerprint density at radius 1 is 1.20 bits per heavy atom. The van der Waals surface area contributed by atoms with Gasteiger partial charge in [-0.05, 0) is 40.6 Å². The number of benzene rings is 2. The number of hydrogen-bond donors (Lipinski definition) is 1. The first kappa shape index (κ1) is 21.3. The van der Waals surface area contributed by atoms with Gasteiger partial charge in [0.15, 0.2) is 6.19 Å². The van der Waals surface area contributed by atoms with Crippen molar-refractivity contribution >= 4 is 33.2 Å². The Hall–Kier alpha value is -3.38. The molecule has 2 aromatic carbocycles. The van der Waals surface area contributed by atoms with Crippen molar-refractivity contribution in [2.45, 2.75) is 18.6 Å². The van der Waals surface area contributed by atoms with Gasteiger partial charge in [-0.25, -0.2) is 0 Å². The van der Waals surface area contributed by atoms with Gasteiger partial charge in [0, 0.05) is 23.7 Å². The first-order valence-electron chi connectivity index (χ1n) is 8.81. The molecule has 9 heteroatoms. The van der Waals surface area contributed by atoms with Crippen molar-refractivity contribution in [3.8, 4) is 6.19 Å². The molecule has 1 N–H and O–H groups in total. The van der Waals surface area contributed by atoms with Gasteiger partial charge in [0.25, 0.3) is 11.8 Å². The lowest BCUT2D eigenvalue weighted by molar-refractivity contribution is -0.137. The van der Waals surface area contributed by atoms with E-state index in [4.69, 9.17) is 5.26 Å². The molecule has 0 fully saturated rings. The van der Waals surface area contributed by atoms with E-state index in [1.165, 1.54) is 24.5 Å². The summed E-state index contributed by atoms with van der Waals surface area (Å²) in [5.41, 5.74) is -0.391. The maximum atomic E-state index is 12.9. The normalized spacial score (nSPS) is 12.2. The smallest absolute Gasteiger partial charge is 0.340 e. The molecule has 5 nitrogen and oxygen atoms in total. The first-order valence-corrected chi connectivity index (χ1v) is 9.69.